The SMILES string of the molecule is COc1c(F)cc(C(C)C)cc1C(C(=O)O)N1CC[C@@H](N(C)CCCCCc2ccc3c(n2)NCCC3)C1. The fraction of sp³-hybridized carbons (Fsp3) is 0.600. The molecular formula is C30H43FN4O3. The first-order valence-electron chi connectivity index (χ1n) is 14.1. The molecule has 1 unspecified atom stereocenters. The lowest BCUT2D eigenvalue weighted by atomic mass is 9.95. The Morgan fingerprint density at radius 2 is 2.11 bits per heavy atom. The van der Waals surface area contributed by atoms with Gasteiger partial charge in [0.25, 0.3) is 0 Å². The van der Waals surface area contributed by atoms with Gasteiger partial charge in [0.15, 0.2) is 11.6 Å². The summed E-state index contributed by atoms with van der Waals surface area (Å²) in [5, 5.41) is 13.6. The summed E-state index contributed by atoms with van der Waals surface area (Å²) >= 11 is 0. The number of anilines is 1. The van der Waals surface area contributed by atoms with E-state index >= 15 is 0 Å². The summed E-state index contributed by atoms with van der Waals surface area (Å²) < 4.78 is 20.1. The number of aliphatic carboxylic acids is 1. The highest BCUT2D eigenvalue weighted by molar-refractivity contribution is 5.77. The molecule has 4 rings (SSSR count). The number of aromatic nitrogens is 1. The Kier molecular flexibility index (Phi) is 9.60. The Hall–Kier alpha value is -2.71. The highest BCUT2D eigenvalue weighted by Gasteiger charge is 2.37. The van der Waals surface area contributed by atoms with Crippen LogP contribution in [0, 0.1) is 5.82 Å². The Labute approximate surface area is 226 Å². The van der Waals surface area contributed by atoms with Crippen molar-refractivity contribution in [3.05, 3.63) is 52.5 Å². The lowest BCUT2D eigenvalue weighted by Crippen LogP contribution is -2.38. The molecule has 2 aliphatic rings. The van der Waals surface area contributed by atoms with E-state index in [4.69, 9.17) is 9.72 Å². The number of ether oxygens (including phenoxy) is 1. The van der Waals surface area contributed by atoms with E-state index < -0.39 is 17.8 Å². The molecule has 1 fully saturated rings. The van der Waals surface area contributed by atoms with Crippen molar-refractivity contribution in [1.82, 2.24) is 14.8 Å². The second kappa shape index (κ2) is 12.9. The molecule has 38 heavy (non-hydrogen) atoms. The van der Waals surface area contributed by atoms with Crippen molar-refractivity contribution in [2.24, 2.45) is 0 Å². The molecule has 1 aromatic heterocycles. The van der Waals surface area contributed by atoms with Gasteiger partial charge in [0.2, 0.25) is 0 Å². The largest absolute Gasteiger partial charge is 0.493 e. The van der Waals surface area contributed by atoms with Crippen LogP contribution in [0.5, 0.6) is 5.75 Å². The van der Waals surface area contributed by atoms with Crippen LogP contribution in [-0.4, -0.2) is 72.2 Å². The normalized spacial score (nSPS) is 18.4. The number of halogens is 1. The molecule has 2 aliphatic heterocycles. The molecule has 2 aromatic rings. The van der Waals surface area contributed by atoms with E-state index in [1.165, 1.54) is 25.2 Å². The molecule has 1 aromatic carbocycles. The van der Waals surface area contributed by atoms with Crippen LogP contribution in [-0.2, 0) is 17.6 Å². The smallest absolute Gasteiger partial charge is 0.325 e. The number of carbonyl (C=O) groups is 1. The van der Waals surface area contributed by atoms with Crippen LogP contribution in [0.4, 0.5) is 10.2 Å². The quantitative estimate of drug-likeness (QED) is 0.366. The number of hydrogen-bond donors (Lipinski definition) is 2. The molecule has 7 nitrogen and oxygen atoms in total. The van der Waals surface area contributed by atoms with E-state index in [0.29, 0.717) is 18.7 Å². The summed E-state index contributed by atoms with van der Waals surface area (Å²) in [6.45, 7) is 7.22. The summed E-state index contributed by atoms with van der Waals surface area (Å²) in [4.78, 5) is 21.5. The lowest BCUT2D eigenvalue weighted by molar-refractivity contribution is -0.143. The number of likely N-dealkylation sites (N-methyl/N-ethyl adjacent to an activating group) is 1. The third-order valence-electron chi connectivity index (χ3n) is 8.07. The van der Waals surface area contributed by atoms with Crippen LogP contribution in [0.2, 0.25) is 0 Å². The van der Waals surface area contributed by atoms with Gasteiger partial charge in [-0.2, -0.15) is 0 Å². The van der Waals surface area contributed by atoms with E-state index in [0.717, 1.165) is 68.7 Å². The summed E-state index contributed by atoms with van der Waals surface area (Å²) in [5.41, 5.74) is 3.66. The van der Waals surface area contributed by atoms with Gasteiger partial charge in [0, 0.05) is 36.9 Å². The first-order chi connectivity index (χ1) is 18.3. The molecular weight excluding hydrogens is 483 g/mol. The molecule has 0 aliphatic carbocycles. The van der Waals surface area contributed by atoms with Crippen molar-refractivity contribution < 1.29 is 19.0 Å². The number of carboxylic acids is 1. The van der Waals surface area contributed by atoms with Gasteiger partial charge in [-0.1, -0.05) is 26.3 Å². The summed E-state index contributed by atoms with van der Waals surface area (Å²) in [6.07, 6.45) is 7.50. The number of nitrogens with zero attached hydrogens (tertiary/aromatic N) is 3. The minimum Gasteiger partial charge on any atom is -0.493 e. The Balaban J connectivity index is 1.29. The Morgan fingerprint density at radius 3 is 2.84 bits per heavy atom. The molecule has 0 saturated carbocycles. The third-order valence-corrected chi connectivity index (χ3v) is 8.07. The number of nitrogens with one attached hydrogen (secondary N) is 1. The fourth-order valence-electron chi connectivity index (χ4n) is 5.77. The number of unbranched alkanes of at least 4 members (excludes halogenated alkanes) is 2. The highest BCUT2D eigenvalue weighted by atomic mass is 19.1. The molecule has 0 bridgehead atoms. The van der Waals surface area contributed by atoms with Crippen LogP contribution in [0.15, 0.2) is 24.3 Å². The average Bonchev–Trinajstić information content (AvgIpc) is 3.37. The zero-order chi connectivity index (χ0) is 27.2. The van der Waals surface area contributed by atoms with Gasteiger partial charge in [0.05, 0.1) is 7.11 Å². The predicted molar refractivity (Wildman–Crippen MR) is 149 cm³/mol. The van der Waals surface area contributed by atoms with Crippen molar-refractivity contribution in [2.75, 3.05) is 45.7 Å². The van der Waals surface area contributed by atoms with Gasteiger partial charge in [0.1, 0.15) is 11.9 Å². The number of fused-ring (bicyclic) bond motifs is 1. The molecule has 0 spiro atoms. The van der Waals surface area contributed by atoms with Gasteiger partial charge >= 0.3 is 5.97 Å². The molecule has 1 saturated heterocycles. The van der Waals surface area contributed by atoms with Crippen LogP contribution in [0.25, 0.3) is 0 Å². The van der Waals surface area contributed by atoms with E-state index in [9.17, 15) is 14.3 Å². The zero-order valence-electron chi connectivity index (χ0n) is 23.3. The van der Waals surface area contributed by atoms with E-state index in [-0.39, 0.29) is 17.7 Å². The van der Waals surface area contributed by atoms with Crippen molar-refractivity contribution in [3.8, 4) is 5.75 Å². The van der Waals surface area contributed by atoms with E-state index in [1.54, 1.807) is 6.07 Å². The average molecular weight is 527 g/mol. The molecule has 208 valence electrons. The monoisotopic (exact) mass is 526 g/mol. The second-order valence-corrected chi connectivity index (χ2v) is 11.1. The van der Waals surface area contributed by atoms with Gasteiger partial charge in [-0.05, 0) is 87.4 Å². The third kappa shape index (κ3) is 6.64. The maximum atomic E-state index is 14.8. The minimum atomic E-state index is -0.974. The van der Waals surface area contributed by atoms with Gasteiger partial charge in [-0.25, -0.2) is 9.37 Å². The van der Waals surface area contributed by atoms with Crippen molar-refractivity contribution in [2.45, 2.75) is 76.8 Å². The molecule has 3 heterocycles. The topological polar surface area (TPSA) is 77.9 Å². The lowest BCUT2D eigenvalue weighted by Gasteiger charge is -2.29. The second-order valence-electron chi connectivity index (χ2n) is 11.1. The van der Waals surface area contributed by atoms with Crippen LogP contribution < -0.4 is 10.1 Å². The number of pyridine rings is 1. The van der Waals surface area contributed by atoms with Crippen LogP contribution >= 0.6 is 0 Å². The fourth-order valence-corrected chi connectivity index (χ4v) is 5.77. The van der Waals surface area contributed by atoms with Crippen molar-refractivity contribution >= 4 is 11.8 Å². The van der Waals surface area contributed by atoms with E-state index in [1.807, 2.05) is 18.7 Å². The highest BCUT2D eigenvalue weighted by Crippen LogP contribution is 2.37. The van der Waals surface area contributed by atoms with Crippen LogP contribution in [0.1, 0.15) is 80.3 Å². The number of aryl methyl sites for hydroxylation is 2. The van der Waals surface area contributed by atoms with Crippen molar-refractivity contribution in [1.29, 1.82) is 0 Å². The Morgan fingerprint density at radius 1 is 1.29 bits per heavy atom. The minimum absolute atomic E-state index is 0.0304. The van der Waals surface area contributed by atoms with Crippen LogP contribution in [0.3, 0.4) is 0 Å². The number of benzene rings is 1. The van der Waals surface area contributed by atoms with Gasteiger partial charge in [-0.15, -0.1) is 0 Å². The zero-order valence-corrected chi connectivity index (χ0v) is 23.3. The molecule has 0 amide bonds. The molecule has 2 atom stereocenters. The summed E-state index contributed by atoms with van der Waals surface area (Å²) in [5.74, 6) is -0.300. The maximum Gasteiger partial charge on any atom is 0.325 e. The summed E-state index contributed by atoms with van der Waals surface area (Å²) in [6, 6.07) is 6.98. The number of rotatable bonds is 12. The number of likely N-dealkylation sites (tertiary alicyclic amines) is 1. The first-order valence-corrected chi connectivity index (χ1v) is 14.1. The molecule has 2 N–H and O–H groups in total. The number of carboxylic acid groups (broad SMARTS) is 1. The van der Waals surface area contributed by atoms with E-state index in [2.05, 4.69) is 29.4 Å². The van der Waals surface area contributed by atoms with Gasteiger partial charge in [-0.3, -0.25) is 9.69 Å². The standard InChI is InChI=1S/C30H43FN4O3/c1-20(2)22-17-25(28(38-4)26(31)18-22)27(30(36)37)35-16-13-24(19-35)34(3)15-7-5-6-10-23-12-11-21-9-8-14-32-29(21)33-23/h11-12,17-18,20,24,27H,5-10,13-16,19H2,1-4H3,(H,32,33)(H,36,37)/t24-,27?/m1/s1. The molecule has 8 heteroatoms. The number of hydrogen-bond acceptors (Lipinski definition) is 6. The van der Waals surface area contributed by atoms with Gasteiger partial charge < -0.3 is 20.1 Å². The molecule has 0 radical (unpaired) electrons. The summed E-state index contributed by atoms with van der Waals surface area (Å²) in [7, 11) is 3.52. The van der Waals surface area contributed by atoms with Crippen molar-refractivity contribution in [3.63, 3.8) is 0 Å². The predicted octanol–water partition coefficient (Wildman–Crippen LogP) is 5.26. The maximum absolute atomic E-state index is 14.8. The first kappa shape index (κ1) is 28.3. The Bertz CT molecular complexity index is 1110. The number of methoxy groups -OCH3 is 1.